The standard InChI is InChI=1S/C26H29NO7/c1-16(2)20-13-8-17(3)14-24(20)34-26(30)22-7-5-4-6-21(22)25(29)33-15-23(28)18-9-11-19(12-10-18)27(31)32/h4-7,9-12,16-17,20,24H,8,13-15H2,1-3H3/t17-,20-,24-/m1/s1. The molecule has 0 N–H and O–H groups in total. The maximum Gasteiger partial charge on any atom is 0.339 e. The molecule has 0 aromatic heterocycles. The van der Waals surface area contributed by atoms with E-state index in [1.807, 2.05) is 0 Å². The van der Waals surface area contributed by atoms with Gasteiger partial charge in [0.05, 0.1) is 16.1 Å². The largest absolute Gasteiger partial charge is 0.458 e. The smallest absolute Gasteiger partial charge is 0.339 e. The normalized spacial score (nSPS) is 19.9. The number of benzene rings is 2. The Morgan fingerprint density at radius 3 is 2.21 bits per heavy atom. The van der Waals surface area contributed by atoms with Crippen LogP contribution in [0.25, 0.3) is 0 Å². The zero-order valence-corrected chi connectivity index (χ0v) is 19.6. The Hall–Kier alpha value is -3.55. The number of hydrogen-bond donors (Lipinski definition) is 0. The Kier molecular flexibility index (Phi) is 8.15. The number of ether oxygens (including phenoxy) is 2. The number of hydrogen-bond acceptors (Lipinski definition) is 7. The Morgan fingerprint density at radius 2 is 1.62 bits per heavy atom. The van der Waals surface area contributed by atoms with E-state index in [2.05, 4.69) is 20.8 Å². The van der Waals surface area contributed by atoms with Gasteiger partial charge in [-0.25, -0.2) is 9.59 Å². The minimum Gasteiger partial charge on any atom is -0.458 e. The maximum atomic E-state index is 13.0. The third-order valence-corrected chi connectivity index (χ3v) is 6.32. The van der Waals surface area contributed by atoms with Crippen LogP contribution in [0.1, 0.15) is 71.1 Å². The molecule has 0 unspecified atom stereocenters. The van der Waals surface area contributed by atoms with E-state index in [1.165, 1.54) is 36.4 Å². The Labute approximate surface area is 198 Å². The lowest BCUT2D eigenvalue weighted by molar-refractivity contribution is -0.384. The van der Waals surface area contributed by atoms with Crippen LogP contribution >= 0.6 is 0 Å². The molecule has 34 heavy (non-hydrogen) atoms. The third-order valence-electron chi connectivity index (χ3n) is 6.32. The number of nitro benzene ring substituents is 1. The van der Waals surface area contributed by atoms with Gasteiger partial charge in [-0.15, -0.1) is 0 Å². The molecule has 0 bridgehead atoms. The molecule has 3 atom stereocenters. The molecular weight excluding hydrogens is 438 g/mol. The molecule has 1 aliphatic carbocycles. The van der Waals surface area contributed by atoms with Crippen molar-refractivity contribution in [1.29, 1.82) is 0 Å². The van der Waals surface area contributed by atoms with Gasteiger partial charge in [0.1, 0.15) is 6.10 Å². The first-order chi connectivity index (χ1) is 16.2. The summed E-state index contributed by atoms with van der Waals surface area (Å²) in [6, 6.07) is 11.2. The van der Waals surface area contributed by atoms with Crippen molar-refractivity contribution in [2.75, 3.05) is 6.61 Å². The lowest BCUT2D eigenvalue weighted by Crippen LogP contribution is -2.36. The van der Waals surface area contributed by atoms with Gasteiger partial charge in [0.25, 0.3) is 5.69 Å². The molecule has 2 aromatic rings. The average molecular weight is 468 g/mol. The van der Waals surface area contributed by atoms with Crippen molar-refractivity contribution >= 4 is 23.4 Å². The molecule has 0 amide bonds. The van der Waals surface area contributed by atoms with Crippen LogP contribution in [0.2, 0.25) is 0 Å². The van der Waals surface area contributed by atoms with E-state index in [1.54, 1.807) is 12.1 Å². The highest BCUT2D eigenvalue weighted by Crippen LogP contribution is 2.35. The number of non-ortho nitro benzene ring substituents is 1. The van der Waals surface area contributed by atoms with Crippen molar-refractivity contribution < 1.29 is 28.8 Å². The molecule has 0 radical (unpaired) electrons. The number of ketones is 1. The van der Waals surface area contributed by atoms with E-state index in [0.717, 1.165) is 19.3 Å². The molecule has 0 saturated heterocycles. The molecular formula is C26H29NO7. The number of carbonyl (C=O) groups excluding carboxylic acids is 3. The van der Waals surface area contributed by atoms with Crippen LogP contribution in [-0.4, -0.2) is 35.4 Å². The molecule has 180 valence electrons. The molecule has 0 spiro atoms. The van der Waals surface area contributed by atoms with Crippen LogP contribution in [0.4, 0.5) is 5.69 Å². The van der Waals surface area contributed by atoms with Crippen LogP contribution in [0.5, 0.6) is 0 Å². The maximum absolute atomic E-state index is 13.0. The first kappa shape index (κ1) is 25.1. The fourth-order valence-corrected chi connectivity index (χ4v) is 4.35. The molecule has 0 heterocycles. The fourth-order valence-electron chi connectivity index (χ4n) is 4.35. The summed E-state index contributed by atoms with van der Waals surface area (Å²) in [5, 5.41) is 10.7. The van der Waals surface area contributed by atoms with E-state index in [0.29, 0.717) is 11.8 Å². The molecule has 8 heteroatoms. The molecule has 1 saturated carbocycles. The van der Waals surface area contributed by atoms with Crippen molar-refractivity contribution in [2.24, 2.45) is 17.8 Å². The summed E-state index contributed by atoms with van der Waals surface area (Å²) in [4.78, 5) is 48.2. The molecule has 0 aliphatic heterocycles. The Bertz CT molecular complexity index is 1060. The predicted molar refractivity (Wildman–Crippen MR) is 125 cm³/mol. The Morgan fingerprint density at radius 1 is 1.00 bits per heavy atom. The van der Waals surface area contributed by atoms with Crippen LogP contribution in [-0.2, 0) is 9.47 Å². The van der Waals surface area contributed by atoms with Crippen molar-refractivity contribution in [3.05, 3.63) is 75.3 Å². The average Bonchev–Trinajstić information content (AvgIpc) is 2.82. The highest BCUT2D eigenvalue weighted by atomic mass is 16.6. The second kappa shape index (κ2) is 11.0. The monoisotopic (exact) mass is 467 g/mol. The number of nitrogens with zero attached hydrogens (tertiary/aromatic N) is 1. The number of nitro groups is 1. The van der Waals surface area contributed by atoms with Crippen molar-refractivity contribution in [3.63, 3.8) is 0 Å². The van der Waals surface area contributed by atoms with Crippen molar-refractivity contribution in [2.45, 2.75) is 46.1 Å². The summed E-state index contributed by atoms with van der Waals surface area (Å²) in [6.07, 6.45) is 2.66. The van der Waals surface area contributed by atoms with Gasteiger partial charge in [0.15, 0.2) is 12.4 Å². The fraction of sp³-hybridized carbons (Fsp3) is 0.423. The van der Waals surface area contributed by atoms with Crippen LogP contribution in [0, 0.1) is 27.9 Å². The van der Waals surface area contributed by atoms with E-state index in [9.17, 15) is 24.5 Å². The first-order valence-electron chi connectivity index (χ1n) is 11.4. The summed E-state index contributed by atoms with van der Waals surface area (Å²) in [5.41, 5.74) is 0.148. The van der Waals surface area contributed by atoms with E-state index >= 15 is 0 Å². The van der Waals surface area contributed by atoms with Gasteiger partial charge in [-0.3, -0.25) is 14.9 Å². The van der Waals surface area contributed by atoms with Gasteiger partial charge in [-0.1, -0.05) is 39.3 Å². The molecule has 3 rings (SSSR count). The lowest BCUT2D eigenvalue weighted by atomic mass is 9.75. The lowest BCUT2D eigenvalue weighted by Gasteiger charge is -2.36. The Balaban J connectivity index is 1.67. The molecule has 2 aromatic carbocycles. The van der Waals surface area contributed by atoms with Crippen LogP contribution < -0.4 is 0 Å². The van der Waals surface area contributed by atoms with Gasteiger partial charge in [0, 0.05) is 17.7 Å². The van der Waals surface area contributed by atoms with Gasteiger partial charge < -0.3 is 9.47 Å². The second-order valence-electron chi connectivity index (χ2n) is 9.12. The highest BCUT2D eigenvalue weighted by molar-refractivity contribution is 6.04. The highest BCUT2D eigenvalue weighted by Gasteiger charge is 2.34. The first-order valence-corrected chi connectivity index (χ1v) is 11.4. The summed E-state index contributed by atoms with van der Waals surface area (Å²) in [5.74, 6) is -0.827. The topological polar surface area (TPSA) is 113 Å². The summed E-state index contributed by atoms with van der Waals surface area (Å²) in [7, 11) is 0. The summed E-state index contributed by atoms with van der Waals surface area (Å²) in [6.45, 7) is 5.82. The van der Waals surface area contributed by atoms with Gasteiger partial charge in [-0.05, 0) is 54.9 Å². The minimum absolute atomic E-state index is 0.0222. The SMILES string of the molecule is CC(C)[C@H]1CC[C@@H](C)C[C@H]1OC(=O)c1ccccc1C(=O)OCC(=O)c1ccc([N+](=O)[O-])cc1. The number of carbonyl (C=O) groups is 3. The van der Waals surface area contributed by atoms with E-state index in [4.69, 9.17) is 9.47 Å². The molecule has 1 aliphatic rings. The predicted octanol–water partition coefficient (Wildman–Crippen LogP) is 5.25. The number of rotatable bonds is 8. The molecule has 1 fully saturated rings. The zero-order valence-electron chi connectivity index (χ0n) is 19.6. The summed E-state index contributed by atoms with van der Waals surface area (Å²) >= 11 is 0. The quantitative estimate of drug-likeness (QED) is 0.225. The summed E-state index contributed by atoms with van der Waals surface area (Å²) < 4.78 is 11.0. The third kappa shape index (κ3) is 6.07. The van der Waals surface area contributed by atoms with Crippen molar-refractivity contribution in [3.8, 4) is 0 Å². The van der Waals surface area contributed by atoms with Crippen molar-refractivity contribution in [1.82, 2.24) is 0 Å². The molecule has 8 nitrogen and oxygen atoms in total. The minimum atomic E-state index is -0.819. The van der Waals surface area contributed by atoms with E-state index in [-0.39, 0.29) is 34.4 Å². The van der Waals surface area contributed by atoms with Gasteiger partial charge >= 0.3 is 11.9 Å². The number of esters is 2. The second-order valence-corrected chi connectivity index (χ2v) is 9.12. The zero-order chi connectivity index (χ0) is 24.8. The van der Waals surface area contributed by atoms with Gasteiger partial charge in [0.2, 0.25) is 0 Å². The van der Waals surface area contributed by atoms with Crippen LogP contribution in [0.3, 0.4) is 0 Å². The number of Topliss-reactive ketones (excluding diaryl/α,β-unsaturated/α-hetero) is 1. The van der Waals surface area contributed by atoms with Crippen LogP contribution in [0.15, 0.2) is 48.5 Å². The van der Waals surface area contributed by atoms with Gasteiger partial charge in [-0.2, -0.15) is 0 Å². The van der Waals surface area contributed by atoms with E-state index < -0.39 is 29.3 Å².